The Bertz CT molecular complexity index is 372. The summed E-state index contributed by atoms with van der Waals surface area (Å²) in [4.78, 5) is 34.1. The average Bonchev–Trinajstić information content (AvgIpc) is 2.31. The van der Waals surface area contributed by atoms with Crippen LogP contribution in [0.3, 0.4) is 0 Å². The maximum absolute atomic E-state index is 11.8. The summed E-state index contributed by atoms with van der Waals surface area (Å²) in [7, 11) is 0. The van der Waals surface area contributed by atoms with Gasteiger partial charge in [0.1, 0.15) is 0 Å². The van der Waals surface area contributed by atoms with E-state index in [1.807, 2.05) is 34.6 Å². The van der Waals surface area contributed by atoms with Gasteiger partial charge in [0.25, 0.3) is 0 Å². The Hall–Kier alpha value is -1.59. The number of carboxylic acids is 1. The van der Waals surface area contributed by atoms with Gasteiger partial charge in [-0.2, -0.15) is 0 Å². The van der Waals surface area contributed by atoms with Crippen molar-refractivity contribution < 1.29 is 19.5 Å². The van der Waals surface area contributed by atoms with Crippen LogP contribution in [0.4, 0.5) is 0 Å². The first-order chi connectivity index (χ1) is 9.54. The number of hydrogen-bond acceptors (Lipinski definition) is 3. The normalized spacial score (nSPS) is 12.9. The topological polar surface area (TPSA) is 95.5 Å². The van der Waals surface area contributed by atoms with Crippen LogP contribution >= 0.6 is 0 Å². The first-order valence-corrected chi connectivity index (χ1v) is 7.33. The van der Waals surface area contributed by atoms with E-state index in [0.717, 1.165) is 0 Å². The van der Waals surface area contributed by atoms with Gasteiger partial charge in [-0.3, -0.25) is 14.4 Å². The molecule has 0 radical (unpaired) electrons. The summed E-state index contributed by atoms with van der Waals surface area (Å²) < 4.78 is 0. The molecule has 3 N–H and O–H groups in total. The van der Waals surface area contributed by atoms with E-state index in [1.165, 1.54) is 0 Å². The van der Waals surface area contributed by atoms with Crippen molar-refractivity contribution in [3.05, 3.63) is 0 Å². The molecular formula is C15H28N2O4. The van der Waals surface area contributed by atoms with Crippen LogP contribution in [0, 0.1) is 11.3 Å². The van der Waals surface area contributed by atoms with Gasteiger partial charge < -0.3 is 15.7 Å². The molecule has 0 saturated heterocycles. The molecule has 0 spiro atoms. The second-order valence-corrected chi connectivity index (χ2v) is 6.63. The van der Waals surface area contributed by atoms with Crippen molar-refractivity contribution >= 4 is 17.8 Å². The van der Waals surface area contributed by atoms with Crippen molar-refractivity contribution in [1.82, 2.24) is 10.6 Å². The molecule has 0 aromatic rings. The number of carboxylic acid groups (broad SMARTS) is 1. The maximum Gasteiger partial charge on any atom is 0.305 e. The Morgan fingerprint density at radius 2 is 1.71 bits per heavy atom. The summed E-state index contributed by atoms with van der Waals surface area (Å²) in [6, 6.07) is -0.362. The first-order valence-electron chi connectivity index (χ1n) is 7.33. The van der Waals surface area contributed by atoms with Crippen molar-refractivity contribution in [3.63, 3.8) is 0 Å². The minimum atomic E-state index is -0.925. The monoisotopic (exact) mass is 300 g/mol. The molecule has 0 rings (SSSR count). The largest absolute Gasteiger partial charge is 0.481 e. The predicted molar refractivity (Wildman–Crippen MR) is 80.7 cm³/mol. The molecule has 0 fully saturated rings. The Balaban J connectivity index is 4.04. The molecule has 0 heterocycles. The average molecular weight is 300 g/mol. The van der Waals surface area contributed by atoms with E-state index < -0.39 is 11.4 Å². The maximum atomic E-state index is 11.8. The highest BCUT2D eigenvalue weighted by Gasteiger charge is 2.21. The summed E-state index contributed by atoms with van der Waals surface area (Å²) in [5.74, 6) is -1.09. The third kappa shape index (κ3) is 9.05. The van der Waals surface area contributed by atoms with Crippen LogP contribution in [0.1, 0.15) is 53.9 Å². The third-order valence-corrected chi connectivity index (χ3v) is 3.09. The number of carbonyl (C=O) groups is 3. The Labute approximate surface area is 126 Å². The zero-order chi connectivity index (χ0) is 16.6. The van der Waals surface area contributed by atoms with Crippen molar-refractivity contribution in [3.8, 4) is 0 Å². The molecule has 0 bridgehead atoms. The summed E-state index contributed by atoms with van der Waals surface area (Å²) in [5.41, 5.74) is -0.438. The van der Waals surface area contributed by atoms with Crippen molar-refractivity contribution in [2.45, 2.75) is 59.9 Å². The molecule has 21 heavy (non-hydrogen) atoms. The van der Waals surface area contributed by atoms with Crippen LogP contribution < -0.4 is 10.6 Å². The van der Waals surface area contributed by atoms with Gasteiger partial charge in [0.2, 0.25) is 11.8 Å². The molecule has 6 nitrogen and oxygen atoms in total. The summed E-state index contributed by atoms with van der Waals surface area (Å²) in [6.45, 7) is 9.67. The Kier molecular flexibility index (Phi) is 7.99. The highest BCUT2D eigenvalue weighted by molar-refractivity contribution is 5.81. The number of carbonyl (C=O) groups excluding carboxylic acids is 2. The van der Waals surface area contributed by atoms with E-state index in [4.69, 9.17) is 5.11 Å². The lowest BCUT2D eigenvalue weighted by Crippen LogP contribution is -2.40. The van der Waals surface area contributed by atoms with Crippen LogP contribution in [0.5, 0.6) is 0 Å². The number of aliphatic carboxylic acids is 1. The molecule has 0 aliphatic heterocycles. The lowest BCUT2D eigenvalue weighted by atomic mass is 9.96. The van der Waals surface area contributed by atoms with Gasteiger partial charge in [-0.25, -0.2) is 0 Å². The fourth-order valence-electron chi connectivity index (χ4n) is 1.64. The third-order valence-electron chi connectivity index (χ3n) is 3.09. The molecule has 122 valence electrons. The van der Waals surface area contributed by atoms with E-state index >= 15 is 0 Å². The SMILES string of the molecule is CC(C)C(CC(=O)O)NC(=O)CCCNC(=O)C(C)(C)C. The Morgan fingerprint density at radius 3 is 2.14 bits per heavy atom. The number of rotatable bonds is 8. The van der Waals surface area contributed by atoms with E-state index in [9.17, 15) is 14.4 Å². The highest BCUT2D eigenvalue weighted by Crippen LogP contribution is 2.12. The second-order valence-electron chi connectivity index (χ2n) is 6.63. The summed E-state index contributed by atoms with van der Waals surface area (Å²) >= 11 is 0. The van der Waals surface area contributed by atoms with E-state index in [2.05, 4.69) is 10.6 Å². The number of hydrogen-bond donors (Lipinski definition) is 3. The van der Waals surface area contributed by atoms with Gasteiger partial charge >= 0.3 is 5.97 Å². The fraction of sp³-hybridized carbons (Fsp3) is 0.800. The molecule has 0 aromatic heterocycles. The standard InChI is InChI=1S/C15H28N2O4/c1-10(2)11(9-13(19)20)17-12(18)7-6-8-16-14(21)15(3,4)5/h10-11H,6-9H2,1-5H3,(H,16,21)(H,17,18)(H,19,20). The van der Waals surface area contributed by atoms with Crippen molar-refractivity contribution in [2.24, 2.45) is 11.3 Å². The van der Waals surface area contributed by atoms with Gasteiger partial charge in [-0.1, -0.05) is 34.6 Å². The van der Waals surface area contributed by atoms with Gasteiger partial charge in [0.05, 0.1) is 6.42 Å². The minimum Gasteiger partial charge on any atom is -0.481 e. The summed E-state index contributed by atoms with van der Waals surface area (Å²) in [6.07, 6.45) is 0.725. The molecule has 0 aliphatic rings. The minimum absolute atomic E-state index is 0.0474. The Morgan fingerprint density at radius 1 is 1.14 bits per heavy atom. The van der Waals surface area contributed by atoms with Gasteiger partial charge in [0, 0.05) is 24.4 Å². The second kappa shape index (κ2) is 8.64. The highest BCUT2D eigenvalue weighted by atomic mass is 16.4. The molecular weight excluding hydrogens is 272 g/mol. The van der Waals surface area contributed by atoms with Gasteiger partial charge in [0.15, 0.2) is 0 Å². The van der Waals surface area contributed by atoms with Crippen LogP contribution in [-0.2, 0) is 14.4 Å². The number of nitrogens with one attached hydrogen (secondary N) is 2. The fourth-order valence-corrected chi connectivity index (χ4v) is 1.64. The first kappa shape index (κ1) is 19.4. The molecule has 0 aliphatic carbocycles. The molecule has 6 heteroatoms. The molecule has 1 unspecified atom stereocenters. The summed E-state index contributed by atoms with van der Waals surface area (Å²) in [5, 5.41) is 14.3. The smallest absolute Gasteiger partial charge is 0.305 e. The van der Waals surface area contributed by atoms with Gasteiger partial charge in [-0.05, 0) is 12.3 Å². The van der Waals surface area contributed by atoms with Crippen molar-refractivity contribution in [1.29, 1.82) is 0 Å². The van der Waals surface area contributed by atoms with E-state index in [0.29, 0.717) is 13.0 Å². The zero-order valence-corrected chi connectivity index (χ0v) is 13.7. The van der Waals surface area contributed by atoms with Crippen LogP contribution in [-0.4, -0.2) is 35.5 Å². The van der Waals surface area contributed by atoms with Crippen LogP contribution in [0.15, 0.2) is 0 Å². The molecule has 0 saturated carbocycles. The zero-order valence-electron chi connectivity index (χ0n) is 13.7. The number of amides is 2. The molecule has 0 aromatic carbocycles. The van der Waals surface area contributed by atoms with Crippen LogP contribution in [0.2, 0.25) is 0 Å². The van der Waals surface area contributed by atoms with Crippen molar-refractivity contribution in [2.75, 3.05) is 6.54 Å². The molecule has 1 atom stereocenters. The quantitative estimate of drug-likeness (QED) is 0.593. The van der Waals surface area contributed by atoms with Crippen LogP contribution in [0.25, 0.3) is 0 Å². The lowest BCUT2D eigenvalue weighted by Gasteiger charge is -2.21. The lowest BCUT2D eigenvalue weighted by molar-refractivity contribution is -0.138. The van der Waals surface area contributed by atoms with Gasteiger partial charge in [-0.15, -0.1) is 0 Å². The molecule has 2 amide bonds. The predicted octanol–water partition coefficient (Wildman–Crippen LogP) is 1.54. The van der Waals surface area contributed by atoms with E-state index in [1.54, 1.807) is 0 Å². The van der Waals surface area contributed by atoms with E-state index in [-0.39, 0.29) is 36.6 Å².